The van der Waals surface area contributed by atoms with Crippen molar-refractivity contribution in [2.75, 3.05) is 6.61 Å². The maximum absolute atomic E-state index is 9.32. The predicted octanol–water partition coefficient (Wildman–Crippen LogP) is 3.18. The molecule has 2 atom stereocenters. The van der Waals surface area contributed by atoms with E-state index in [2.05, 4.69) is 0 Å². The van der Waals surface area contributed by atoms with Crippen LogP contribution in [0, 0.1) is 0 Å². The Kier molecular flexibility index (Phi) is 3.66. The van der Waals surface area contributed by atoms with Gasteiger partial charge in [-0.25, -0.2) is 0 Å². The fourth-order valence-electron chi connectivity index (χ4n) is 2.00. The molecule has 0 radical (unpaired) electrons. The highest BCUT2D eigenvalue weighted by atomic mass is 35.5. The third kappa shape index (κ3) is 2.59. The summed E-state index contributed by atoms with van der Waals surface area (Å²) in [5.41, 5.74) is 0.667. The molecule has 1 fully saturated rings. The van der Waals surface area contributed by atoms with E-state index in [9.17, 15) is 5.11 Å². The van der Waals surface area contributed by atoms with Gasteiger partial charge in [-0.3, -0.25) is 0 Å². The summed E-state index contributed by atoms with van der Waals surface area (Å²) in [5, 5.41) is 10.4. The van der Waals surface area contributed by atoms with Crippen LogP contribution < -0.4 is 0 Å². The highest BCUT2D eigenvalue weighted by Crippen LogP contribution is 2.43. The number of benzene rings is 1. The zero-order valence-electron chi connectivity index (χ0n) is 9.61. The zero-order valence-corrected chi connectivity index (χ0v) is 11.1. The second kappa shape index (κ2) is 4.75. The van der Waals surface area contributed by atoms with Crippen molar-refractivity contribution in [1.29, 1.82) is 0 Å². The third-order valence-corrected chi connectivity index (χ3v) is 3.31. The highest BCUT2D eigenvalue weighted by molar-refractivity contribution is 6.36. The van der Waals surface area contributed by atoms with Crippen molar-refractivity contribution in [3.05, 3.63) is 33.8 Å². The minimum Gasteiger partial charge on any atom is -0.394 e. The summed E-state index contributed by atoms with van der Waals surface area (Å²) in [6, 6.07) is 5.25. The van der Waals surface area contributed by atoms with Gasteiger partial charge in [0.1, 0.15) is 12.2 Å². The number of hydrogen-bond donors (Lipinski definition) is 1. The van der Waals surface area contributed by atoms with Crippen LogP contribution in [0.25, 0.3) is 0 Å². The lowest BCUT2D eigenvalue weighted by atomic mass is 10.0. The Morgan fingerprint density at radius 1 is 1.24 bits per heavy atom. The largest absolute Gasteiger partial charge is 0.394 e. The van der Waals surface area contributed by atoms with Gasteiger partial charge in [0.25, 0.3) is 0 Å². The van der Waals surface area contributed by atoms with Crippen LogP contribution in [0.1, 0.15) is 25.5 Å². The molecule has 1 aliphatic heterocycles. The van der Waals surface area contributed by atoms with Gasteiger partial charge < -0.3 is 14.6 Å². The fourth-order valence-corrected chi connectivity index (χ4v) is 2.61. The quantitative estimate of drug-likeness (QED) is 0.902. The average molecular weight is 277 g/mol. The molecule has 1 aromatic carbocycles. The molecule has 0 bridgehead atoms. The van der Waals surface area contributed by atoms with Crippen molar-refractivity contribution in [3.8, 4) is 0 Å². The molecule has 1 saturated heterocycles. The van der Waals surface area contributed by atoms with E-state index in [0.29, 0.717) is 15.6 Å². The Hall–Kier alpha value is -0.320. The molecule has 0 amide bonds. The first kappa shape index (κ1) is 13.1. The van der Waals surface area contributed by atoms with Gasteiger partial charge in [0.15, 0.2) is 5.79 Å². The van der Waals surface area contributed by atoms with E-state index in [1.165, 1.54) is 0 Å². The van der Waals surface area contributed by atoms with E-state index in [-0.39, 0.29) is 6.61 Å². The van der Waals surface area contributed by atoms with Crippen LogP contribution in [0.5, 0.6) is 0 Å². The SMILES string of the molecule is CC1(C)OC(CO)C(c2c(Cl)cccc2Cl)O1. The van der Waals surface area contributed by atoms with Gasteiger partial charge >= 0.3 is 0 Å². The van der Waals surface area contributed by atoms with Crippen LogP contribution >= 0.6 is 23.2 Å². The molecule has 1 aromatic rings. The van der Waals surface area contributed by atoms with E-state index in [4.69, 9.17) is 32.7 Å². The molecule has 17 heavy (non-hydrogen) atoms. The lowest BCUT2D eigenvalue weighted by molar-refractivity contribution is -0.149. The average Bonchev–Trinajstić information content (AvgIpc) is 2.53. The summed E-state index contributed by atoms with van der Waals surface area (Å²) in [7, 11) is 0. The first-order valence-corrected chi connectivity index (χ1v) is 6.10. The van der Waals surface area contributed by atoms with Gasteiger partial charge in [0.2, 0.25) is 0 Å². The number of ether oxygens (including phenoxy) is 2. The molecule has 0 aliphatic carbocycles. The van der Waals surface area contributed by atoms with Gasteiger partial charge in [-0.1, -0.05) is 29.3 Å². The Morgan fingerprint density at radius 2 is 1.82 bits per heavy atom. The second-order valence-electron chi connectivity index (χ2n) is 4.41. The lowest BCUT2D eigenvalue weighted by Gasteiger charge is -2.18. The van der Waals surface area contributed by atoms with Crippen LogP contribution in [0.15, 0.2) is 18.2 Å². The number of halogens is 2. The van der Waals surface area contributed by atoms with Gasteiger partial charge in [-0.15, -0.1) is 0 Å². The highest BCUT2D eigenvalue weighted by Gasteiger charge is 2.43. The molecule has 2 unspecified atom stereocenters. The summed E-state index contributed by atoms with van der Waals surface area (Å²) < 4.78 is 11.3. The van der Waals surface area contributed by atoms with Crippen LogP contribution in [-0.4, -0.2) is 23.6 Å². The second-order valence-corrected chi connectivity index (χ2v) is 5.23. The lowest BCUT2D eigenvalue weighted by Crippen LogP contribution is -2.23. The Morgan fingerprint density at radius 3 is 2.35 bits per heavy atom. The topological polar surface area (TPSA) is 38.7 Å². The van der Waals surface area contributed by atoms with Crippen molar-refractivity contribution in [2.45, 2.75) is 31.8 Å². The van der Waals surface area contributed by atoms with Crippen molar-refractivity contribution in [2.24, 2.45) is 0 Å². The molecule has 1 aliphatic rings. The maximum Gasteiger partial charge on any atom is 0.164 e. The standard InChI is InChI=1S/C12H14Cl2O3/c1-12(2)16-9(6-15)11(17-12)10-7(13)4-3-5-8(10)14/h3-5,9,11,15H,6H2,1-2H3. The molecule has 94 valence electrons. The first-order valence-electron chi connectivity index (χ1n) is 5.35. The first-order chi connectivity index (χ1) is 7.94. The van der Waals surface area contributed by atoms with Crippen molar-refractivity contribution in [1.82, 2.24) is 0 Å². The molecule has 2 rings (SSSR count). The third-order valence-electron chi connectivity index (χ3n) is 2.65. The van der Waals surface area contributed by atoms with Gasteiger partial charge in [-0.05, 0) is 26.0 Å². The molecule has 0 spiro atoms. The Balaban J connectivity index is 2.39. The molecule has 1 N–H and O–H groups in total. The number of hydrogen-bond acceptors (Lipinski definition) is 3. The molecule has 3 nitrogen and oxygen atoms in total. The minimum atomic E-state index is -0.749. The summed E-state index contributed by atoms with van der Waals surface area (Å²) >= 11 is 12.2. The van der Waals surface area contributed by atoms with Crippen LogP contribution in [0.2, 0.25) is 10.0 Å². The van der Waals surface area contributed by atoms with E-state index in [1.54, 1.807) is 32.0 Å². The zero-order chi connectivity index (χ0) is 12.6. The molecule has 0 saturated carbocycles. The summed E-state index contributed by atoms with van der Waals surface area (Å²) in [6.07, 6.45) is -0.904. The van der Waals surface area contributed by atoms with E-state index < -0.39 is 18.0 Å². The Labute approximate surface area is 110 Å². The smallest absolute Gasteiger partial charge is 0.164 e. The van der Waals surface area contributed by atoms with E-state index in [0.717, 1.165) is 0 Å². The van der Waals surface area contributed by atoms with Crippen LogP contribution in [-0.2, 0) is 9.47 Å². The fraction of sp³-hybridized carbons (Fsp3) is 0.500. The van der Waals surface area contributed by atoms with Crippen molar-refractivity contribution < 1.29 is 14.6 Å². The molecule has 1 heterocycles. The van der Waals surface area contributed by atoms with Gasteiger partial charge in [0.05, 0.1) is 6.61 Å². The summed E-state index contributed by atoms with van der Waals surface area (Å²) in [4.78, 5) is 0. The van der Waals surface area contributed by atoms with Gasteiger partial charge in [0, 0.05) is 15.6 Å². The predicted molar refractivity (Wildman–Crippen MR) is 66.3 cm³/mol. The van der Waals surface area contributed by atoms with Crippen molar-refractivity contribution >= 4 is 23.2 Å². The molecule has 5 heteroatoms. The van der Waals surface area contributed by atoms with Gasteiger partial charge in [-0.2, -0.15) is 0 Å². The molecular weight excluding hydrogens is 263 g/mol. The number of rotatable bonds is 2. The Bertz CT molecular complexity index is 400. The maximum atomic E-state index is 9.32. The monoisotopic (exact) mass is 276 g/mol. The number of aliphatic hydroxyl groups is 1. The van der Waals surface area contributed by atoms with Crippen LogP contribution in [0.4, 0.5) is 0 Å². The normalized spacial score (nSPS) is 27.4. The van der Waals surface area contributed by atoms with Crippen LogP contribution in [0.3, 0.4) is 0 Å². The summed E-state index contributed by atoms with van der Waals surface area (Å²) in [5.74, 6) is -0.749. The van der Waals surface area contributed by atoms with E-state index in [1.807, 2.05) is 0 Å². The summed E-state index contributed by atoms with van der Waals surface area (Å²) in [6.45, 7) is 3.44. The minimum absolute atomic E-state index is 0.143. The molecular formula is C12H14Cl2O3. The van der Waals surface area contributed by atoms with E-state index >= 15 is 0 Å². The van der Waals surface area contributed by atoms with Crippen molar-refractivity contribution in [3.63, 3.8) is 0 Å². The molecule has 0 aromatic heterocycles. The number of aliphatic hydroxyl groups excluding tert-OH is 1.